The third-order valence-corrected chi connectivity index (χ3v) is 5.39. The summed E-state index contributed by atoms with van der Waals surface area (Å²) in [7, 11) is 1.89. The average molecular weight is 389 g/mol. The summed E-state index contributed by atoms with van der Waals surface area (Å²) in [4.78, 5) is 6.57. The molecule has 3 aromatic rings. The topological polar surface area (TPSA) is 71.5 Å². The van der Waals surface area contributed by atoms with Crippen LogP contribution in [0.2, 0.25) is 5.02 Å². The Kier molecular flexibility index (Phi) is 4.88. The van der Waals surface area contributed by atoms with Crippen molar-refractivity contribution < 1.29 is 4.39 Å². The Balaban J connectivity index is 1.66. The molecule has 0 radical (unpaired) electrons. The Bertz CT molecular complexity index is 951. The number of halogens is 2. The lowest BCUT2D eigenvalue weighted by atomic mass is 9.92. The molecule has 6 nitrogen and oxygen atoms in total. The van der Waals surface area contributed by atoms with Crippen LogP contribution in [0.1, 0.15) is 25.7 Å². The Labute approximate surface area is 162 Å². The third kappa shape index (κ3) is 3.70. The zero-order valence-electron chi connectivity index (χ0n) is 15.1. The van der Waals surface area contributed by atoms with Gasteiger partial charge in [0.15, 0.2) is 5.65 Å². The molecule has 0 bridgehead atoms. The van der Waals surface area contributed by atoms with Crippen LogP contribution in [0.5, 0.6) is 0 Å². The SMILES string of the molecule is CN(c1ccc(F)c(Cl)c1)c1cc(NC2CCC(N)CC2)nc2ccnn12. The number of hydrogen-bond donors (Lipinski definition) is 2. The van der Waals surface area contributed by atoms with Crippen LogP contribution >= 0.6 is 11.6 Å². The predicted molar refractivity (Wildman–Crippen MR) is 106 cm³/mol. The second kappa shape index (κ2) is 7.32. The van der Waals surface area contributed by atoms with E-state index in [2.05, 4.69) is 15.4 Å². The Hall–Kier alpha value is -2.38. The maximum Gasteiger partial charge on any atom is 0.159 e. The Morgan fingerprint density at radius 2 is 2.00 bits per heavy atom. The van der Waals surface area contributed by atoms with Crippen molar-refractivity contribution in [3.63, 3.8) is 0 Å². The lowest BCUT2D eigenvalue weighted by Gasteiger charge is -2.28. The highest BCUT2D eigenvalue weighted by molar-refractivity contribution is 6.31. The smallest absolute Gasteiger partial charge is 0.159 e. The summed E-state index contributed by atoms with van der Waals surface area (Å²) in [6.07, 6.45) is 5.82. The lowest BCUT2D eigenvalue weighted by Crippen LogP contribution is -2.33. The highest BCUT2D eigenvalue weighted by Gasteiger charge is 2.20. The van der Waals surface area contributed by atoms with Crippen LogP contribution in [0.25, 0.3) is 5.65 Å². The number of anilines is 3. The fourth-order valence-corrected chi connectivity index (χ4v) is 3.68. The molecule has 27 heavy (non-hydrogen) atoms. The molecule has 3 N–H and O–H groups in total. The van der Waals surface area contributed by atoms with E-state index < -0.39 is 5.82 Å². The molecular formula is C19H22ClFN6. The molecule has 0 unspecified atom stereocenters. The van der Waals surface area contributed by atoms with Gasteiger partial charge in [-0.2, -0.15) is 9.61 Å². The van der Waals surface area contributed by atoms with Gasteiger partial charge in [-0.05, 0) is 43.9 Å². The second-order valence-electron chi connectivity index (χ2n) is 7.01. The van der Waals surface area contributed by atoms with E-state index in [1.54, 1.807) is 22.8 Å². The van der Waals surface area contributed by atoms with E-state index >= 15 is 0 Å². The average Bonchev–Trinajstić information content (AvgIpc) is 3.13. The number of nitrogens with one attached hydrogen (secondary N) is 1. The second-order valence-corrected chi connectivity index (χ2v) is 7.42. The Morgan fingerprint density at radius 1 is 1.22 bits per heavy atom. The minimum absolute atomic E-state index is 0.0852. The number of hydrogen-bond acceptors (Lipinski definition) is 5. The molecule has 1 aliphatic carbocycles. The van der Waals surface area contributed by atoms with Crippen molar-refractivity contribution in [2.24, 2.45) is 5.73 Å². The fourth-order valence-electron chi connectivity index (χ4n) is 3.51. The number of benzene rings is 1. The van der Waals surface area contributed by atoms with E-state index in [0.29, 0.717) is 12.1 Å². The van der Waals surface area contributed by atoms with Gasteiger partial charge in [0.25, 0.3) is 0 Å². The van der Waals surface area contributed by atoms with Gasteiger partial charge in [-0.1, -0.05) is 11.6 Å². The predicted octanol–water partition coefficient (Wildman–Crippen LogP) is 3.97. The quantitative estimate of drug-likeness (QED) is 0.707. The highest BCUT2D eigenvalue weighted by atomic mass is 35.5. The number of nitrogens with two attached hydrogens (primary N) is 1. The molecule has 8 heteroatoms. The van der Waals surface area contributed by atoms with Gasteiger partial charge in [0.1, 0.15) is 17.5 Å². The van der Waals surface area contributed by atoms with Crippen molar-refractivity contribution in [2.75, 3.05) is 17.3 Å². The minimum Gasteiger partial charge on any atom is -0.367 e. The molecule has 2 heterocycles. The molecule has 1 fully saturated rings. The first-order valence-electron chi connectivity index (χ1n) is 9.07. The monoisotopic (exact) mass is 388 g/mol. The number of aromatic nitrogens is 3. The molecule has 1 saturated carbocycles. The van der Waals surface area contributed by atoms with Crippen LogP contribution in [0.3, 0.4) is 0 Å². The molecule has 2 aromatic heterocycles. The number of fused-ring (bicyclic) bond motifs is 1. The first-order chi connectivity index (χ1) is 13.0. The maximum absolute atomic E-state index is 13.5. The lowest BCUT2D eigenvalue weighted by molar-refractivity contribution is 0.410. The highest BCUT2D eigenvalue weighted by Crippen LogP contribution is 2.30. The Morgan fingerprint density at radius 3 is 2.74 bits per heavy atom. The van der Waals surface area contributed by atoms with Crippen molar-refractivity contribution >= 4 is 34.6 Å². The van der Waals surface area contributed by atoms with E-state index in [4.69, 9.17) is 17.3 Å². The van der Waals surface area contributed by atoms with Crippen molar-refractivity contribution in [2.45, 2.75) is 37.8 Å². The van der Waals surface area contributed by atoms with Gasteiger partial charge in [-0.25, -0.2) is 9.37 Å². The summed E-state index contributed by atoms with van der Waals surface area (Å²) >= 11 is 5.96. The van der Waals surface area contributed by atoms with Gasteiger partial charge < -0.3 is 16.0 Å². The van der Waals surface area contributed by atoms with Gasteiger partial charge in [0.2, 0.25) is 0 Å². The molecule has 1 aliphatic rings. The van der Waals surface area contributed by atoms with Crippen LogP contribution in [-0.2, 0) is 0 Å². The molecule has 142 valence electrons. The van der Waals surface area contributed by atoms with Gasteiger partial charge in [-0.3, -0.25) is 0 Å². The van der Waals surface area contributed by atoms with Crippen molar-refractivity contribution in [1.29, 1.82) is 0 Å². The molecule has 0 saturated heterocycles. The minimum atomic E-state index is -0.439. The van der Waals surface area contributed by atoms with Crippen LogP contribution in [-0.4, -0.2) is 33.7 Å². The number of rotatable bonds is 4. The summed E-state index contributed by atoms with van der Waals surface area (Å²) in [5.41, 5.74) is 7.50. The molecule has 4 rings (SSSR count). The van der Waals surface area contributed by atoms with Crippen molar-refractivity contribution in [1.82, 2.24) is 14.6 Å². The van der Waals surface area contributed by atoms with Gasteiger partial charge in [0, 0.05) is 37.0 Å². The summed E-state index contributed by atoms with van der Waals surface area (Å²) in [5, 5.41) is 7.98. The molecule has 0 spiro atoms. The van der Waals surface area contributed by atoms with Gasteiger partial charge >= 0.3 is 0 Å². The van der Waals surface area contributed by atoms with Crippen LogP contribution in [0, 0.1) is 5.82 Å². The largest absolute Gasteiger partial charge is 0.367 e. The summed E-state index contributed by atoms with van der Waals surface area (Å²) in [5.74, 6) is 1.16. The fraction of sp³-hybridized carbons (Fsp3) is 0.368. The molecule has 1 aromatic carbocycles. The first-order valence-corrected chi connectivity index (χ1v) is 9.45. The van der Waals surface area contributed by atoms with E-state index in [0.717, 1.165) is 48.7 Å². The van der Waals surface area contributed by atoms with Crippen LogP contribution in [0.4, 0.5) is 21.7 Å². The van der Waals surface area contributed by atoms with Crippen molar-refractivity contribution in [3.05, 3.63) is 47.4 Å². The van der Waals surface area contributed by atoms with E-state index in [1.165, 1.54) is 6.07 Å². The summed E-state index contributed by atoms with van der Waals surface area (Å²) in [6.45, 7) is 0. The maximum atomic E-state index is 13.5. The number of nitrogens with zero attached hydrogens (tertiary/aromatic N) is 4. The summed E-state index contributed by atoms with van der Waals surface area (Å²) < 4.78 is 15.3. The van der Waals surface area contributed by atoms with Crippen LogP contribution < -0.4 is 16.0 Å². The van der Waals surface area contributed by atoms with Crippen molar-refractivity contribution in [3.8, 4) is 0 Å². The standard InChI is InChI=1S/C19H22ClFN6/c1-26(14-6-7-16(21)15(20)10-14)19-11-17(25-18-8-9-23-27(18)19)24-13-4-2-12(22)3-5-13/h6-13H,2-5,22H2,1H3,(H,24,25). The zero-order valence-corrected chi connectivity index (χ0v) is 15.8. The van der Waals surface area contributed by atoms with E-state index in [9.17, 15) is 4.39 Å². The van der Waals surface area contributed by atoms with E-state index in [-0.39, 0.29) is 5.02 Å². The normalized spacial score (nSPS) is 20.0. The molecule has 0 amide bonds. The summed E-state index contributed by atoms with van der Waals surface area (Å²) in [6, 6.07) is 9.12. The van der Waals surface area contributed by atoms with Gasteiger partial charge in [0.05, 0.1) is 11.2 Å². The van der Waals surface area contributed by atoms with E-state index in [1.807, 2.05) is 24.1 Å². The van der Waals surface area contributed by atoms with Crippen LogP contribution in [0.15, 0.2) is 36.5 Å². The molecule has 0 aliphatic heterocycles. The molecular weight excluding hydrogens is 367 g/mol. The third-order valence-electron chi connectivity index (χ3n) is 5.10. The zero-order chi connectivity index (χ0) is 19.0. The van der Waals surface area contributed by atoms with Gasteiger partial charge in [-0.15, -0.1) is 0 Å². The molecule has 0 atom stereocenters. The first kappa shape index (κ1) is 18.0.